The molecule has 0 bridgehead atoms. The average Bonchev–Trinajstić information content (AvgIpc) is 2.67. The molecular weight excluding hydrogens is 395 g/mol. The third-order valence-corrected chi connectivity index (χ3v) is 6.29. The number of hydrogen-bond acceptors (Lipinski definition) is 7. The highest BCUT2D eigenvalue weighted by Gasteiger charge is 2.32. The molecule has 12 heteroatoms. The molecular formula is C16H15FN4O6S. The van der Waals surface area contributed by atoms with Crippen LogP contribution in [0.15, 0.2) is 47.4 Å². The van der Waals surface area contributed by atoms with Gasteiger partial charge in [-0.1, -0.05) is 12.1 Å². The second-order valence-corrected chi connectivity index (χ2v) is 7.95. The third-order valence-electron chi connectivity index (χ3n) is 4.39. The summed E-state index contributed by atoms with van der Waals surface area (Å²) in [5.41, 5.74) is -0.912. The molecule has 3 rings (SSSR count). The lowest BCUT2D eigenvalue weighted by Gasteiger charge is -2.35. The topological polar surface area (TPSA) is 127 Å². The van der Waals surface area contributed by atoms with Crippen LogP contribution in [-0.4, -0.2) is 48.7 Å². The van der Waals surface area contributed by atoms with Crippen molar-refractivity contribution < 1.29 is 22.7 Å². The van der Waals surface area contributed by atoms with Gasteiger partial charge in [-0.2, -0.15) is 8.70 Å². The fourth-order valence-corrected chi connectivity index (χ4v) is 4.48. The van der Waals surface area contributed by atoms with E-state index in [1.54, 1.807) is 4.90 Å². The molecule has 1 saturated heterocycles. The van der Waals surface area contributed by atoms with Crippen molar-refractivity contribution in [3.63, 3.8) is 0 Å². The average molecular weight is 410 g/mol. The Morgan fingerprint density at radius 2 is 1.57 bits per heavy atom. The number of rotatable bonds is 5. The van der Waals surface area contributed by atoms with Crippen LogP contribution in [0.5, 0.6) is 0 Å². The van der Waals surface area contributed by atoms with Crippen molar-refractivity contribution in [1.29, 1.82) is 0 Å². The van der Waals surface area contributed by atoms with Gasteiger partial charge in [-0.15, -0.1) is 0 Å². The summed E-state index contributed by atoms with van der Waals surface area (Å²) in [6.07, 6.45) is 0. The Balaban J connectivity index is 1.81. The maximum absolute atomic E-state index is 13.8. The summed E-state index contributed by atoms with van der Waals surface area (Å²) in [6.45, 7) is 0.217. The van der Waals surface area contributed by atoms with Gasteiger partial charge in [0.05, 0.1) is 14.7 Å². The Bertz CT molecular complexity index is 1040. The molecule has 0 aliphatic carbocycles. The number of benzene rings is 2. The summed E-state index contributed by atoms with van der Waals surface area (Å²) in [6, 6.07) is 8.49. The second kappa shape index (κ2) is 7.48. The first kappa shape index (κ1) is 19.6. The number of nitro benzene ring substituents is 2. The first-order chi connectivity index (χ1) is 13.2. The minimum Gasteiger partial charge on any atom is -0.363 e. The zero-order valence-corrected chi connectivity index (χ0v) is 15.2. The van der Waals surface area contributed by atoms with Gasteiger partial charge in [-0.3, -0.25) is 20.2 Å². The fourth-order valence-electron chi connectivity index (χ4n) is 3.02. The van der Waals surface area contributed by atoms with Gasteiger partial charge in [0.2, 0.25) is 15.8 Å². The molecule has 0 amide bonds. The summed E-state index contributed by atoms with van der Waals surface area (Å²) in [5, 5.41) is 22.0. The standard InChI is InChI=1S/C16H15FN4O6S/c17-14-5-2-6-15(16(14)21(24)25)18-7-9-19(10-8-18)28(26,27)13-4-1-3-12(11-13)20(22)23/h1-6,11H,7-10H2. The monoisotopic (exact) mass is 410 g/mol. The highest BCUT2D eigenvalue weighted by atomic mass is 32.2. The Hall–Kier alpha value is -3.12. The van der Waals surface area contributed by atoms with Crippen LogP contribution in [-0.2, 0) is 10.0 Å². The lowest BCUT2D eigenvalue weighted by molar-refractivity contribution is -0.386. The number of piperazine rings is 1. The van der Waals surface area contributed by atoms with E-state index >= 15 is 0 Å². The van der Waals surface area contributed by atoms with E-state index in [2.05, 4.69) is 0 Å². The zero-order valence-electron chi connectivity index (χ0n) is 14.4. The van der Waals surface area contributed by atoms with E-state index in [9.17, 15) is 33.0 Å². The molecule has 148 valence electrons. The van der Waals surface area contributed by atoms with Gasteiger partial charge in [0, 0.05) is 38.3 Å². The second-order valence-electron chi connectivity index (χ2n) is 6.01. The first-order valence-corrected chi connectivity index (χ1v) is 9.58. The number of sulfonamides is 1. The van der Waals surface area contributed by atoms with Crippen molar-refractivity contribution in [3.8, 4) is 0 Å². The van der Waals surface area contributed by atoms with Crippen LogP contribution in [0.25, 0.3) is 0 Å². The first-order valence-electron chi connectivity index (χ1n) is 8.14. The van der Waals surface area contributed by atoms with Crippen molar-refractivity contribution in [1.82, 2.24) is 4.31 Å². The maximum Gasteiger partial charge on any atom is 0.327 e. The Morgan fingerprint density at radius 3 is 2.18 bits per heavy atom. The molecule has 0 atom stereocenters. The normalized spacial score (nSPS) is 15.4. The van der Waals surface area contributed by atoms with Crippen molar-refractivity contribution in [2.45, 2.75) is 4.90 Å². The molecule has 0 saturated carbocycles. The van der Waals surface area contributed by atoms with Gasteiger partial charge in [0.15, 0.2) is 0 Å². The number of hydrogen-bond donors (Lipinski definition) is 0. The van der Waals surface area contributed by atoms with Gasteiger partial charge >= 0.3 is 5.69 Å². The molecule has 10 nitrogen and oxygen atoms in total. The van der Waals surface area contributed by atoms with Crippen LogP contribution in [0.2, 0.25) is 0 Å². The number of halogens is 1. The largest absolute Gasteiger partial charge is 0.363 e. The SMILES string of the molecule is O=[N+]([O-])c1cccc(S(=O)(=O)N2CCN(c3cccc(F)c3[N+](=O)[O-])CC2)c1. The molecule has 1 fully saturated rings. The Kier molecular flexibility index (Phi) is 5.25. The van der Waals surface area contributed by atoms with E-state index in [0.29, 0.717) is 0 Å². The van der Waals surface area contributed by atoms with E-state index in [-0.39, 0.29) is 42.4 Å². The van der Waals surface area contributed by atoms with Crippen LogP contribution in [0.3, 0.4) is 0 Å². The van der Waals surface area contributed by atoms with Gasteiger partial charge in [-0.05, 0) is 18.2 Å². The van der Waals surface area contributed by atoms with Crippen molar-refractivity contribution >= 4 is 27.1 Å². The Labute approximate surface area is 159 Å². The predicted molar refractivity (Wildman–Crippen MR) is 97.1 cm³/mol. The summed E-state index contributed by atoms with van der Waals surface area (Å²) >= 11 is 0. The van der Waals surface area contributed by atoms with Gasteiger partial charge in [-0.25, -0.2) is 8.42 Å². The van der Waals surface area contributed by atoms with E-state index in [1.165, 1.54) is 30.3 Å². The lowest BCUT2D eigenvalue weighted by atomic mass is 10.2. The number of non-ortho nitro benzene ring substituents is 1. The molecule has 0 radical (unpaired) electrons. The molecule has 2 aromatic carbocycles. The molecule has 28 heavy (non-hydrogen) atoms. The van der Waals surface area contributed by atoms with E-state index in [0.717, 1.165) is 16.4 Å². The predicted octanol–water partition coefficient (Wildman–Crippen LogP) is 2.15. The minimum atomic E-state index is -3.96. The Morgan fingerprint density at radius 1 is 0.929 bits per heavy atom. The minimum absolute atomic E-state index is 0.00130. The smallest absolute Gasteiger partial charge is 0.327 e. The molecule has 0 spiro atoms. The van der Waals surface area contributed by atoms with Crippen molar-refractivity contribution in [2.75, 3.05) is 31.1 Å². The molecule has 1 aliphatic rings. The molecule has 2 aromatic rings. The molecule has 1 heterocycles. The lowest BCUT2D eigenvalue weighted by Crippen LogP contribution is -2.48. The van der Waals surface area contributed by atoms with Crippen LogP contribution in [0.1, 0.15) is 0 Å². The van der Waals surface area contributed by atoms with E-state index < -0.39 is 31.4 Å². The van der Waals surface area contributed by atoms with Crippen LogP contribution in [0, 0.1) is 26.0 Å². The zero-order chi connectivity index (χ0) is 20.5. The summed E-state index contributed by atoms with van der Waals surface area (Å²) in [4.78, 5) is 21.9. The summed E-state index contributed by atoms with van der Waals surface area (Å²) in [7, 11) is -3.96. The van der Waals surface area contributed by atoms with E-state index in [1.807, 2.05) is 0 Å². The highest BCUT2D eigenvalue weighted by Crippen LogP contribution is 2.32. The van der Waals surface area contributed by atoms with Crippen LogP contribution >= 0.6 is 0 Å². The number of anilines is 1. The van der Waals surface area contributed by atoms with Gasteiger partial charge in [0.1, 0.15) is 5.69 Å². The number of nitrogens with zero attached hydrogens (tertiary/aromatic N) is 4. The number of para-hydroxylation sites is 1. The summed E-state index contributed by atoms with van der Waals surface area (Å²) in [5.74, 6) is -0.964. The highest BCUT2D eigenvalue weighted by molar-refractivity contribution is 7.89. The molecule has 0 N–H and O–H groups in total. The molecule has 1 aliphatic heterocycles. The fraction of sp³-hybridized carbons (Fsp3) is 0.250. The van der Waals surface area contributed by atoms with Crippen molar-refractivity contribution in [3.05, 3.63) is 68.5 Å². The maximum atomic E-state index is 13.8. The van der Waals surface area contributed by atoms with E-state index in [4.69, 9.17) is 0 Å². The van der Waals surface area contributed by atoms with Gasteiger partial charge < -0.3 is 4.90 Å². The summed E-state index contributed by atoms with van der Waals surface area (Å²) < 4.78 is 40.5. The number of nitro groups is 2. The van der Waals surface area contributed by atoms with Gasteiger partial charge in [0.25, 0.3) is 5.69 Å². The molecule has 0 aromatic heterocycles. The van der Waals surface area contributed by atoms with Crippen LogP contribution in [0.4, 0.5) is 21.5 Å². The van der Waals surface area contributed by atoms with Crippen molar-refractivity contribution in [2.24, 2.45) is 0 Å². The molecule has 0 unspecified atom stereocenters. The van der Waals surface area contributed by atoms with Crippen LogP contribution < -0.4 is 4.90 Å². The third kappa shape index (κ3) is 3.64. The quantitative estimate of drug-likeness (QED) is 0.546.